The number of rotatable bonds is 3. The topological polar surface area (TPSA) is 93.1 Å². The van der Waals surface area contributed by atoms with E-state index in [-0.39, 0.29) is 0 Å². The molecule has 0 radical (unpaired) electrons. The minimum atomic E-state index is -1.49. The van der Waals surface area contributed by atoms with Gasteiger partial charge in [0.05, 0.1) is 0 Å². The van der Waals surface area contributed by atoms with E-state index in [1.165, 1.54) is 0 Å². The number of carboxylic acids is 2. The molecule has 0 spiro atoms. The SMILES string of the molecule is O=C(O)[C@H]1OB(c2ccccc2)O[C@@H]1C(=O)O. The number of aliphatic carboxylic acids is 2. The predicted molar refractivity (Wildman–Crippen MR) is 56.8 cm³/mol. The van der Waals surface area contributed by atoms with E-state index >= 15 is 0 Å². The smallest absolute Gasteiger partial charge is 0.479 e. The zero-order valence-electron chi connectivity index (χ0n) is 8.65. The van der Waals surface area contributed by atoms with Gasteiger partial charge in [0.2, 0.25) is 0 Å². The molecule has 7 heteroatoms. The average Bonchev–Trinajstić information content (AvgIpc) is 2.75. The molecular weight excluding hydrogens is 227 g/mol. The molecule has 17 heavy (non-hydrogen) atoms. The molecular formula is C10H9BO6. The molecule has 6 nitrogen and oxygen atoms in total. The minimum Gasteiger partial charge on any atom is -0.479 e. The third-order valence-electron chi connectivity index (χ3n) is 2.37. The van der Waals surface area contributed by atoms with Crippen LogP contribution in [0.3, 0.4) is 0 Å². The molecule has 0 aliphatic carbocycles. The summed E-state index contributed by atoms with van der Waals surface area (Å²) in [6, 6.07) is 8.58. The Morgan fingerprint density at radius 1 is 1.00 bits per heavy atom. The zero-order valence-corrected chi connectivity index (χ0v) is 8.65. The summed E-state index contributed by atoms with van der Waals surface area (Å²) in [5, 5.41) is 17.7. The second-order valence-corrected chi connectivity index (χ2v) is 3.53. The summed E-state index contributed by atoms with van der Waals surface area (Å²) >= 11 is 0. The maximum absolute atomic E-state index is 10.8. The number of hydrogen-bond donors (Lipinski definition) is 2. The van der Waals surface area contributed by atoms with Crippen molar-refractivity contribution in [1.29, 1.82) is 0 Å². The van der Waals surface area contributed by atoms with Crippen molar-refractivity contribution in [3.8, 4) is 0 Å². The molecule has 2 rings (SSSR count). The molecule has 0 amide bonds. The standard InChI is InChI=1S/C10H9BO6/c12-9(13)7-8(10(14)15)17-11(16-7)6-4-2-1-3-5-6/h1-5,7-8H,(H,12,13)(H,14,15)/t7-,8-/m0/s1. The lowest BCUT2D eigenvalue weighted by Crippen LogP contribution is -2.36. The van der Waals surface area contributed by atoms with Crippen LogP contribution in [0.25, 0.3) is 0 Å². The van der Waals surface area contributed by atoms with Gasteiger partial charge in [-0.1, -0.05) is 30.3 Å². The molecule has 0 saturated carbocycles. The molecule has 0 aromatic heterocycles. The molecule has 2 N–H and O–H groups in total. The lowest BCUT2D eigenvalue weighted by Gasteiger charge is -2.08. The van der Waals surface area contributed by atoms with Crippen LogP contribution in [0, 0.1) is 0 Å². The summed E-state index contributed by atoms with van der Waals surface area (Å²) in [6.45, 7) is 0. The summed E-state index contributed by atoms with van der Waals surface area (Å²) in [6.07, 6.45) is -2.98. The van der Waals surface area contributed by atoms with Gasteiger partial charge in [-0.3, -0.25) is 0 Å². The minimum absolute atomic E-state index is 0.586. The summed E-state index contributed by atoms with van der Waals surface area (Å²) in [5.74, 6) is -2.70. The van der Waals surface area contributed by atoms with Crippen LogP contribution < -0.4 is 5.46 Å². The Hall–Kier alpha value is -1.86. The van der Waals surface area contributed by atoms with Crippen molar-refractivity contribution < 1.29 is 29.1 Å². The van der Waals surface area contributed by atoms with Crippen LogP contribution in [0.4, 0.5) is 0 Å². The quantitative estimate of drug-likeness (QED) is 0.676. The van der Waals surface area contributed by atoms with Crippen molar-refractivity contribution in [2.45, 2.75) is 12.2 Å². The van der Waals surface area contributed by atoms with Crippen molar-refractivity contribution in [2.75, 3.05) is 0 Å². The van der Waals surface area contributed by atoms with E-state index in [1.807, 2.05) is 0 Å². The number of carboxylic acid groups (broad SMARTS) is 2. The van der Waals surface area contributed by atoms with Gasteiger partial charge in [-0.25, -0.2) is 9.59 Å². The fraction of sp³-hybridized carbons (Fsp3) is 0.200. The van der Waals surface area contributed by atoms with Crippen LogP contribution >= 0.6 is 0 Å². The number of benzene rings is 1. The Balaban J connectivity index is 2.20. The Morgan fingerprint density at radius 2 is 1.47 bits per heavy atom. The van der Waals surface area contributed by atoms with Gasteiger partial charge in [0.15, 0.2) is 12.2 Å². The summed E-state index contributed by atoms with van der Waals surface area (Å²) in [5.41, 5.74) is 0.586. The third-order valence-corrected chi connectivity index (χ3v) is 2.37. The van der Waals surface area contributed by atoms with Gasteiger partial charge in [0.25, 0.3) is 0 Å². The van der Waals surface area contributed by atoms with Crippen LogP contribution in [0.5, 0.6) is 0 Å². The Labute approximate surface area is 96.9 Å². The van der Waals surface area contributed by atoms with Crippen LogP contribution in [0.2, 0.25) is 0 Å². The van der Waals surface area contributed by atoms with Crippen LogP contribution in [-0.4, -0.2) is 41.5 Å². The van der Waals surface area contributed by atoms with Gasteiger partial charge >= 0.3 is 19.1 Å². The van der Waals surface area contributed by atoms with Gasteiger partial charge in [-0.15, -0.1) is 0 Å². The lowest BCUT2D eigenvalue weighted by atomic mass is 9.79. The molecule has 1 aromatic carbocycles. The fourth-order valence-corrected chi connectivity index (χ4v) is 1.58. The largest absolute Gasteiger partial charge is 0.495 e. The van der Waals surface area contributed by atoms with E-state index in [2.05, 4.69) is 0 Å². The first-order valence-corrected chi connectivity index (χ1v) is 4.91. The molecule has 1 saturated heterocycles. The first kappa shape index (κ1) is 11.6. The molecule has 1 aromatic rings. The molecule has 88 valence electrons. The van der Waals surface area contributed by atoms with Gasteiger partial charge in [-0.2, -0.15) is 0 Å². The van der Waals surface area contributed by atoms with E-state index in [4.69, 9.17) is 19.5 Å². The van der Waals surface area contributed by atoms with E-state index in [0.29, 0.717) is 5.46 Å². The highest BCUT2D eigenvalue weighted by atomic mass is 16.7. The summed E-state index contributed by atoms with van der Waals surface area (Å²) < 4.78 is 10.2. The van der Waals surface area contributed by atoms with Crippen molar-refractivity contribution in [3.63, 3.8) is 0 Å². The highest BCUT2D eigenvalue weighted by Gasteiger charge is 2.48. The monoisotopic (exact) mass is 236 g/mol. The molecule has 1 fully saturated rings. The second-order valence-electron chi connectivity index (χ2n) is 3.53. The first-order valence-electron chi connectivity index (χ1n) is 4.91. The molecule has 0 unspecified atom stereocenters. The Kier molecular flexibility index (Phi) is 3.12. The fourth-order valence-electron chi connectivity index (χ4n) is 1.58. The van der Waals surface area contributed by atoms with Crippen molar-refractivity contribution in [1.82, 2.24) is 0 Å². The normalized spacial score (nSPS) is 23.6. The molecule has 1 heterocycles. The molecule has 1 aliphatic rings. The molecule has 1 aliphatic heterocycles. The molecule has 2 atom stereocenters. The predicted octanol–water partition coefficient (Wildman–Crippen LogP) is -0.665. The van der Waals surface area contributed by atoms with Gasteiger partial charge in [-0.05, 0) is 5.46 Å². The van der Waals surface area contributed by atoms with E-state index in [9.17, 15) is 9.59 Å². The maximum Gasteiger partial charge on any atom is 0.495 e. The maximum atomic E-state index is 10.8. The first-order chi connectivity index (χ1) is 8.09. The van der Waals surface area contributed by atoms with Gasteiger partial charge in [0.1, 0.15) is 0 Å². The summed E-state index contributed by atoms with van der Waals surface area (Å²) in [4.78, 5) is 21.6. The number of hydrogen-bond acceptors (Lipinski definition) is 4. The highest BCUT2D eigenvalue weighted by Crippen LogP contribution is 2.17. The van der Waals surface area contributed by atoms with E-state index in [0.717, 1.165) is 0 Å². The van der Waals surface area contributed by atoms with Crippen LogP contribution in [-0.2, 0) is 18.9 Å². The number of carbonyl (C=O) groups is 2. The van der Waals surface area contributed by atoms with Crippen molar-refractivity contribution in [2.24, 2.45) is 0 Å². The van der Waals surface area contributed by atoms with Crippen molar-refractivity contribution >= 4 is 24.5 Å². The highest BCUT2D eigenvalue weighted by molar-refractivity contribution is 6.62. The Morgan fingerprint density at radius 3 is 1.88 bits per heavy atom. The third kappa shape index (κ3) is 2.30. The van der Waals surface area contributed by atoms with Gasteiger partial charge in [0, 0.05) is 0 Å². The van der Waals surface area contributed by atoms with E-state index in [1.54, 1.807) is 30.3 Å². The van der Waals surface area contributed by atoms with Crippen LogP contribution in [0.15, 0.2) is 30.3 Å². The zero-order chi connectivity index (χ0) is 12.4. The second kappa shape index (κ2) is 4.56. The van der Waals surface area contributed by atoms with E-state index < -0.39 is 31.3 Å². The summed E-state index contributed by atoms with van der Waals surface area (Å²) in [7, 11) is -0.960. The average molecular weight is 236 g/mol. The molecule has 0 bridgehead atoms. The Bertz CT molecular complexity index is 412. The lowest BCUT2D eigenvalue weighted by molar-refractivity contribution is -0.156. The van der Waals surface area contributed by atoms with Gasteiger partial charge < -0.3 is 19.5 Å². The van der Waals surface area contributed by atoms with Crippen LogP contribution in [0.1, 0.15) is 0 Å². The van der Waals surface area contributed by atoms with Crippen molar-refractivity contribution in [3.05, 3.63) is 30.3 Å².